The van der Waals surface area contributed by atoms with Gasteiger partial charge in [-0.15, -0.1) is 24.0 Å². The topological polar surface area (TPSA) is 78.7 Å². The van der Waals surface area contributed by atoms with Gasteiger partial charge in [0.2, 0.25) is 0 Å². The first-order chi connectivity index (χ1) is 12.2. The molecule has 1 aromatic carbocycles. The Labute approximate surface area is 176 Å². The first kappa shape index (κ1) is 21.3. The van der Waals surface area contributed by atoms with Crippen LogP contribution < -0.4 is 11.1 Å². The van der Waals surface area contributed by atoms with E-state index in [0.29, 0.717) is 5.96 Å². The van der Waals surface area contributed by atoms with Gasteiger partial charge in [0, 0.05) is 54.8 Å². The Hall–Kier alpha value is -1.03. The Morgan fingerprint density at radius 2 is 2.15 bits per heavy atom. The molecule has 144 valence electrons. The molecule has 3 rings (SSSR count). The summed E-state index contributed by atoms with van der Waals surface area (Å²) in [6.07, 6.45) is 3.91. The van der Waals surface area contributed by atoms with Gasteiger partial charge in [-0.2, -0.15) is 0 Å². The highest BCUT2D eigenvalue weighted by atomic mass is 127. The quantitative estimate of drug-likeness (QED) is 0.241. The molecule has 0 saturated carbocycles. The first-order valence-electron chi connectivity index (χ1n) is 8.82. The molecule has 0 atom stereocenters. The van der Waals surface area contributed by atoms with Gasteiger partial charge in [-0.05, 0) is 36.6 Å². The van der Waals surface area contributed by atoms with Crippen LogP contribution in [0.4, 0.5) is 0 Å². The van der Waals surface area contributed by atoms with Crippen LogP contribution in [-0.4, -0.2) is 61.8 Å². The highest BCUT2D eigenvalue weighted by molar-refractivity contribution is 14.0. The average Bonchev–Trinajstić information content (AvgIpc) is 3.02. The monoisotopic (exact) mass is 491 g/mol. The van der Waals surface area contributed by atoms with Crippen molar-refractivity contribution in [3.8, 4) is 0 Å². The minimum absolute atomic E-state index is 0. The number of nitrogens with two attached hydrogens (primary N) is 1. The van der Waals surface area contributed by atoms with E-state index in [2.05, 4.69) is 20.2 Å². The normalized spacial score (nSPS) is 15.8. The molecule has 0 bridgehead atoms. The van der Waals surface area contributed by atoms with E-state index in [1.165, 1.54) is 5.56 Å². The van der Waals surface area contributed by atoms with Gasteiger partial charge in [-0.25, -0.2) is 0 Å². The fourth-order valence-corrected chi connectivity index (χ4v) is 3.23. The summed E-state index contributed by atoms with van der Waals surface area (Å²) in [5.41, 5.74) is 8.27. The van der Waals surface area contributed by atoms with Crippen LogP contribution in [0.1, 0.15) is 12.0 Å². The van der Waals surface area contributed by atoms with Crippen LogP contribution >= 0.6 is 35.6 Å². The summed E-state index contributed by atoms with van der Waals surface area (Å²) < 4.78 is 5.34. The van der Waals surface area contributed by atoms with Crippen molar-refractivity contribution in [3.63, 3.8) is 0 Å². The van der Waals surface area contributed by atoms with Crippen molar-refractivity contribution in [1.29, 1.82) is 0 Å². The number of guanidine groups is 1. The summed E-state index contributed by atoms with van der Waals surface area (Å²) in [5.74, 6) is 0.514. The summed E-state index contributed by atoms with van der Waals surface area (Å²) in [4.78, 5) is 10.1. The molecule has 1 fully saturated rings. The predicted molar refractivity (Wildman–Crippen MR) is 119 cm³/mol. The molecule has 0 amide bonds. The van der Waals surface area contributed by atoms with E-state index in [-0.39, 0.29) is 24.0 Å². The van der Waals surface area contributed by atoms with Crippen molar-refractivity contribution in [2.24, 2.45) is 10.7 Å². The Kier molecular flexibility index (Phi) is 8.97. The first-order valence-corrected chi connectivity index (χ1v) is 9.19. The van der Waals surface area contributed by atoms with E-state index >= 15 is 0 Å². The van der Waals surface area contributed by atoms with Gasteiger partial charge in [0.1, 0.15) is 0 Å². The van der Waals surface area contributed by atoms with Gasteiger partial charge in [0.15, 0.2) is 5.96 Å². The van der Waals surface area contributed by atoms with E-state index in [1.807, 2.05) is 24.4 Å². The second-order valence-corrected chi connectivity index (χ2v) is 6.69. The van der Waals surface area contributed by atoms with Gasteiger partial charge in [-0.3, -0.25) is 9.89 Å². The lowest BCUT2D eigenvalue weighted by molar-refractivity contribution is 0.0377. The molecule has 1 aliphatic rings. The standard InChI is InChI=1S/C18H26ClN5O.HI/c19-15-2-3-17-16(12-15)14(13-23-17)4-6-22-18(20)21-5-1-7-24-8-10-25-11-9-24;/h2-3,12-13,23H,1,4-11H2,(H3,20,21,22);1H. The number of halogens is 2. The lowest BCUT2D eigenvalue weighted by atomic mass is 10.1. The van der Waals surface area contributed by atoms with E-state index < -0.39 is 0 Å². The number of aliphatic imine (C=N–C) groups is 1. The maximum Gasteiger partial charge on any atom is 0.188 e. The fraction of sp³-hybridized carbons (Fsp3) is 0.500. The van der Waals surface area contributed by atoms with Gasteiger partial charge < -0.3 is 20.8 Å². The summed E-state index contributed by atoms with van der Waals surface area (Å²) in [5, 5.41) is 5.10. The molecular weight excluding hydrogens is 465 g/mol. The molecule has 2 aromatic rings. The number of aromatic nitrogens is 1. The summed E-state index contributed by atoms with van der Waals surface area (Å²) in [6, 6.07) is 5.88. The average molecular weight is 492 g/mol. The molecule has 2 heterocycles. The number of hydrogen-bond acceptors (Lipinski definition) is 3. The van der Waals surface area contributed by atoms with Crippen molar-refractivity contribution in [2.45, 2.75) is 12.8 Å². The van der Waals surface area contributed by atoms with Crippen LogP contribution in [0.25, 0.3) is 10.9 Å². The predicted octanol–water partition coefficient (Wildman–Crippen LogP) is 2.61. The summed E-state index contributed by atoms with van der Waals surface area (Å²) in [7, 11) is 0. The van der Waals surface area contributed by atoms with Crippen LogP contribution in [-0.2, 0) is 11.2 Å². The van der Waals surface area contributed by atoms with E-state index in [0.717, 1.165) is 74.7 Å². The van der Waals surface area contributed by atoms with Gasteiger partial charge in [-0.1, -0.05) is 11.6 Å². The molecule has 1 aliphatic heterocycles. The SMILES string of the molecule is I.NC(=NCCCN1CCOCC1)NCCc1c[nH]c2ccc(Cl)cc12. The van der Waals surface area contributed by atoms with Crippen molar-refractivity contribution < 1.29 is 4.74 Å². The van der Waals surface area contributed by atoms with Crippen LogP contribution in [0.5, 0.6) is 0 Å². The number of nitrogens with one attached hydrogen (secondary N) is 2. The lowest BCUT2D eigenvalue weighted by Crippen LogP contribution is -2.37. The zero-order valence-corrected chi connectivity index (χ0v) is 17.9. The Bertz CT molecular complexity index is 715. The number of nitrogens with zero attached hydrogens (tertiary/aromatic N) is 2. The van der Waals surface area contributed by atoms with E-state index in [9.17, 15) is 0 Å². The molecule has 4 N–H and O–H groups in total. The maximum absolute atomic E-state index is 6.08. The Morgan fingerprint density at radius 3 is 2.96 bits per heavy atom. The van der Waals surface area contributed by atoms with E-state index in [1.54, 1.807) is 0 Å². The zero-order valence-electron chi connectivity index (χ0n) is 14.8. The molecule has 1 saturated heterocycles. The minimum atomic E-state index is 0. The zero-order chi connectivity index (χ0) is 17.5. The van der Waals surface area contributed by atoms with Gasteiger partial charge in [0.05, 0.1) is 13.2 Å². The molecule has 26 heavy (non-hydrogen) atoms. The van der Waals surface area contributed by atoms with Crippen LogP contribution in [0.3, 0.4) is 0 Å². The van der Waals surface area contributed by atoms with Crippen LogP contribution in [0, 0.1) is 0 Å². The minimum Gasteiger partial charge on any atom is -0.379 e. The third kappa shape index (κ3) is 6.29. The number of H-pyrrole nitrogens is 1. The third-order valence-electron chi connectivity index (χ3n) is 4.45. The fourth-order valence-electron chi connectivity index (χ4n) is 3.06. The second kappa shape index (κ2) is 11.0. The van der Waals surface area contributed by atoms with Gasteiger partial charge in [0.25, 0.3) is 0 Å². The molecule has 0 radical (unpaired) electrons. The number of rotatable bonds is 7. The molecule has 1 aromatic heterocycles. The molecule has 6 nitrogen and oxygen atoms in total. The van der Waals surface area contributed by atoms with Gasteiger partial charge >= 0.3 is 0 Å². The largest absolute Gasteiger partial charge is 0.379 e. The number of morpholine rings is 1. The molecule has 8 heteroatoms. The highest BCUT2D eigenvalue weighted by Crippen LogP contribution is 2.22. The Morgan fingerprint density at radius 1 is 1.35 bits per heavy atom. The molecular formula is C18H27ClIN5O. The third-order valence-corrected chi connectivity index (χ3v) is 4.68. The number of hydrogen-bond donors (Lipinski definition) is 3. The van der Waals surface area contributed by atoms with Crippen molar-refractivity contribution >= 4 is 52.4 Å². The van der Waals surface area contributed by atoms with Crippen molar-refractivity contribution in [1.82, 2.24) is 15.2 Å². The summed E-state index contributed by atoms with van der Waals surface area (Å²) in [6.45, 7) is 6.27. The van der Waals surface area contributed by atoms with Crippen LogP contribution in [0.15, 0.2) is 29.4 Å². The summed E-state index contributed by atoms with van der Waals surface area (Å²) >= 11 is 6.08. The number of aromatic amines is 1. The van der Waals surface area contributed by atoms with Crippen molar-refractivity contribution in [2.75, 3.05) is 45.9 Å². The maximum atomic E-state index is 6.08. The Balaban J connectivity index is 0.00000243. The number of ether oxygens (including phenoxy) is 1. The smallest absolute Gasteiger partial charge is 0.188 e. The molecule has 0 unspecified atom stereocenters. The van der Waals surface area contributed by atoms with Crippen LogP contribution in [0.2, 0.25) is 5.02 Å². The molecule has 0 spiro atoms. The highest BCUT2D eigenvalue weighted by Gasteiger charge is 2.09. The second-order valence-electron chi connectivity index (χ2n) is 6.26. The number of benzene rings is 1. The van der Waals surface area contributed by atoms with E-state index in [4.69, 9.17) is 22.1 Å². The lowest BCUT2D eigenvalue weighted by Gasteiger charge is -2.26. The van der Waals surface area contributed by atoms with Crippen molar-refractivity contribution in [3.05, 3.63) is 35.0 Å². The number of fused-ring (bicyclic) bond motifs is 1. The molecule has 0 aliphatic carbocycles.